The average Bonchev–Trinajstić information content (AvgIpc) is 0.784. The van der Waals surface area contributed by atoms with E-state index >= 15 is 0 Å². The van der Waals surface area contributed by atoms with Crippen LogP contribution >= 0.6 is 0 Å². The van der Waals surface area contributed by atoms with Gasteiger partial charge in [-0.1, -0.05) is 419 Å². The predicted octanol–water partition coefficient (Wildman–Crippen LogP) is 35.3. The fourth-order valence-electron chi connectivity index (χ4n) is 18.4. The van der Waals surface area contributed by atoms with Gasteiger partial charge < -0.3 is 14.7 Å². The SMILES string of the molecule is c1ccc(-c2ccc(-c3ccc(N(c4ccccc4)c4ccc(-c5nc6ccccc6nc5-c5ccccc5)cc4)cc3)cc2)cc1.c1ccc(-c2cccc(-c3ccc(N(c4ccccc4)c4ccc(-c5nc6ccccc6nc5-c5ccccc5)cc4)cc3)c2)cc1.c1ccc(-c2cccc(N(c3ccc(-c4nc5ccccc5nc4-c4ccccc4)cc3)c3ccccc3-c3ccccc3)c2)cc1. The van der Waals surface area contributed by atoms with E-state index in [0.29, 0.717) is 0 Å². The lowest BCUT2D eigenvalue weighted by Gasteiger charge is -2.28. The highest BCUT2D eigenvalue weighted by atomic mass is 15.2. The summed E-state index contributed by atoms with van der Waals surface area (Å²) in [5.41, 5.74) is 40.8. The van der Waals surface area contributed by atoms with Crippen molar-refractivity contribution in [3.05, 3.63) is 564 Å². The standard InChI is InChI=1S/3C44H31N3/c1-4-15-32(16-5-1)36-21-14-22-38(31-36)47(42-26-13-10-23-39(42)33-17-6-2-7-18-33)37-29-27-35(28-30-37)44-43(34-19-8-3-9-20-34)45-40-24-11-12-25-41(40)46-44;1-4-13-32(14-5-1)36-17-12-18-37(31-36)33-23-27-39(28-24-33)47(38-19-8-3-9-20-38)40-29-25-35(26-30-40)44-43(34-15-6-2-7-16-34)45-41-21-10-11-22-42(41)46-44;1-4-12-32(13-5-1)33-20-22-34(23-21-33)35-24-28-39(29-25-35)47(38-16-8-3-9-17-38)40-30-26-37(27-31-40)44-43(36-14-6-2-7-15-36)45-41-18-10-11-19-42(41)46-44/h3*1-31H. The molecule has 0 aliphatic carbocycles. The summed E-state index contributed by atoms with van der Waals surface area (Å²) in [6.07, 6.45) is 0. The summed E-state index contributed by atoms with van der Waals surface area (Å²) >= 11 is 0. The molecule has 0 bridgehead atoms. The number of hydrogen-bond acceptors (Lipinski definition) is 9. The molecule has 21 aromatic carbocycles. The summed E-state index contributed by atoms with van der Waals surface area (Å²) in [6.45, 7) is 0. The number of para-hydroxylation sites is 9. The molecule has 0 radical (unpaired) electrons. The third kappa shape index (κ3) is 19.4. The summed E-state index contributed by atoms with van der Waals surface area (Å²) in [6, 6.07) is 197. The summed E-state index contributed by atoms with van der Waals surface area (Å²) in [7, 11) is 0. The lowest BCUT2D eigenvalue weighted by molar-refractivity contribution is 1.27. The van der Waals surface area contributed by atoms with Crippen LogP contribution in [0.1, 0.15) is 0 Å². The maximum atomic E-state index is 5.14. The second kappa shape index (κ2) is 41.1. The average molecular weight is 1810 g/mol. The fraction of sp³-hybridized carbons (Fsp3) is 0. The highest BCUT2D eigenvalue weighted by molar-refractivity contribution is 5.95. The predicted molar refractivity (Wildman–Crippen MR) is 588 cm³/mol. The van der Waals surface area contributed by atoms with Gasteiger partial charge in [0.25, 0.3) is 0 Å². The molecule has 24 aromatic rings. The Morgan fingerprint density at radius 1 is 0.106 bits per heavy atom. The van der Waals surface area contributed by atoms with E-state index in [9.17, 15) is 0 Å². The van der Waals surface area contributed by atoms with Crippen LogP contribution in [-0.4, -0.2) is 29.9 Å². The molecule has 3 heterocycles. The Kier molecular flexibility index (Phi) is 25.5. The van der Waals surface area contributed by atoms with E-state index in [1.807, 2.05) is 133 Å². The van der Waals surface area contributed by atoms with Gasteiger partial charge in [-0.25, -0.2) is 29.9 Å². The zero-order valence-corrected chi connectivity index (χ0v) is 77.2. The maximum Gasteiger partial charge on any atom is 0.0973 e. The first-order chi connectivity index (χ1) is 69.9. The number of anilines is 9. The minimum Gasteiger partial charge on any atom is -0.311 e. The minimum absolute atomic E-state index is 0.865. The van der Waals surface area contributed by atoms with Crippen molar-refractivity contribution in [2.24, 2.45) is 0 Å². The van der Waals surface area contributed by atoms with Crippen LogP contribution in [0.2, 0.25) is 0 Å². The molecule has 24 rings (SSSR count). The lowest BCUT2D eigenvalue weighted by atomic mass is 9.99. The van der Waals surface area contributed by atoms with E-state index in [1.165, 1.54) is 61.2 Å². The van der Waals surface area contributed by atoms with E-state index in [2.05, 4.69) is 445 Å². The quantitative estimate of drug-likeness (QED) is 0.0698. The molecule has 0 saturated heterocycles. The molecule has 0 amide bonds. The molecule has 9 heteroatoms. The smallest absolute Gasteiger partial charge is 0.0973 e. The molecule has 0 atom stereocenters. The number of rotatable bonds is 21. The topological polar surface area (TPSA) is 87.1 Å². The number of hydrogen-bond donors (Lipinski definition) is 0. The summed E-state index contributed by atoms with van der Waals surface area (Å²) in [4.78, 5) is 37.5. The van der Waals surface area contributed by atoms with Gasteiger partial charge in [-0.15, -0.1) is 0 Å². The highest BCUT2D eigenvalue weighted by Crippen LogP contribution is 2.46. The lowest BCUT2D eigenvalue weighted by Crippen LogP contribution is -2.11. The first-order valence-corrected chi connectivity index (χ1v) is 47.5. The van der Waals surface area contributed by atoms with Crippen LogP contribution in [0.25, 0.3) is 167 Å². The zero-order chi connectivity index (χ0) is 94.3. The number of fused-ring (bicyclic) bond motifs is 3. The van der Waals surface area contributed by atoms with Crippen molar-refractivity contribution in [3.63, 3.8) is 0 Å². The Bertz CT molecular complexity index is 8370. The van der Waals surface area contributed by atoms with Crippen molar-refractivity contribution >= 4 is 84.3 Å². The van der Waals surface area contributed by atoms with Crippen molar-refractivity contribution in [3.8, 4) is 134 Å². The third-order valence-electron chi connectivity index (χ3n) is 25.4. The molecular weight excluding hydrogens is 1710 g/mol. The van der Waals surface area contributed by atoms with E-state index in [-0.39, 0.29) is 0 Å². The van der Waals surface area contributed by atoms with Crippen molar-refractivity contribution in [2.75, 3.05) is 14.7 Å². The van der Waals surface area contributed by atoms with Crippen molar-refractivity contribution in [1.29, 1.82) is 0 Å². The summed E-state index contributed by atoms with van der Waals surface area (Å²) in [5, 5.41) is 0. The third-order valence-corrected chi connectivity index (χ3v) is 25.4. The van der Waals surface area contributed by atoms with Crippen LogP contribution in [-0.2, 0) is 0 Å². The van der Waals surface area contributed by atoms with Crippen LogP contribution < -0.4 is 14.7 Å². The first-order valence-electron chi connectivity index (χ1n) is 47.5. The Morgan fingerprint density at radius 2 is 0.284 bits per heavy atom. The van der Waals surface area contributed by atoms with E-state index in [0.717, 1.165) is 157 Å². The molecule has 0 aliphatic heterocycles. The second-order valence-corrected chi connectivity index (χ2v) is 34.4. The van der Waals surface area contributed by atoms with Gasteiger partial charge in [0.1, 0.15) is 0 Å². The van der Waals surface area contributed by atoms with Crippen LogP contribution in [0.5, 0.6) is 0 Å². The number of benzene rings is 21. The molecule has 0 N–H and O–H groups in total. The fourth-order valence-corrected chi connectivity index (χ4v) is 18.4. The molecule has 666 valence electrons. The van der Waals surface area contributed by atoms with Gasteiger partial charge in [-0.05, 0) is 207 Å². The molecular formula is C132H93N9. The maximum absolute atomic E-state index is 5.14. The molecule has 0 unspecified atom stereocenters. The van der Waals surface area contributed by atoms with Gasteiger partial charge in [-0.3, -0.25) is 0 Å². The normalized spacial score (nSPS) is 11.0. The van der Waals surface area contributed by atoms with E-state index in [4.69, 9.17) is 29.9 Å². The molecule has 9 nitrogen and oxygen atoms in total. The van der Waals surface area contributed by atoms with Gasteiger partial charge in [0, 0.05) is 84.4 Å². The largest absolute Gasteiger partial charge is 0.311 e. The molecule has 0 saturated carbocycles. The van der Waals surface area contributed by atoms with Crippen LogP contribution in [0.3, 0.4) is 0 Å². The summed E-state index contributed by atoms with van der Waals surface area (Å²) < 4.78 is 0. The van der Waals surface area contributed by atoms with E-state index in [1.54, 1.807) is 0 Å². The summed E-state index contributed by atoms with van der Waals surface area (Å²) in [5.74, 6) is 0. The molecule has 0 spiro atoms. The van der Waals surface area contributed by atoms with Gasteiger partial charge in [0.05, 0.1) is 73.0 Å². The Labute approximate surface area is 821 Å². The van der Waals surface area contributed by atoms with Crippen LogP contribution in [0.4, 0.5) is 51.2 Å². The van der Waals surface area contributed by atoms with Gasteiger partial charge in [0.15, 0.2) is 0 Å². The number of aromatic nitrogens is 6. The molecule has 3 aromatic heterocycles. The van der Waals surface area contributed by atoms with E-state index < -0.39 is 0 Å². The molecule has 0 fully saturated rings. The van der Waals surface area contributed by atoms with Crippen LogP contribution in [0, 0.1) is 0 Å². The Hall–Kier alpha value is -19.0. The van der Waals surface area contributed by atoms with Crippen molar-refractivity contribution < 1.29 is 0 Å². The Morgan fingerprint density at radius 3 is 0.589 bits per heavy atom. The zero-order valence-electron chi connectivity index (χ0n) is 77.2. The van der Waals surface area contributed by atoms with Crippen molar-refractivity contribution in [1.82, 2.24) is 29.9 Å². The van der Waals surface area contributed by atoms with Gasteiger partial charge in [-0.2, -0.15) is 0 Å². The second-order valence-electron chi connectivity index (χ2n) is 34.4. The minimum atomic E-state index is 0.865. The Balaban J connectivity index is 0.000000121. The van der Waals surface area contributed by atoms with Gasteiger partial charge >= 0.3 is 0 Å². The highest BCUT2D eigenvalue weighted by Gasteiger charge is 2.24. The molecule has 141 heavy (non-hydrogen) atoms. The number of nitrogens with zero attached hydrogens (tertiary/aromatic N) is 9. The van der Waals surface area contributed by atoms with Crippen molar-refractivity contribution in [2.45, 2.75) is 0 Å². The van der Waals surface area contributed by atoms with Gasteiger partial charge in [0.2, 0.25) is 0 Å². The monoisotopic (exact) mass is 1800 g/mol. The van der Waals surface area contributed by atoms with Crippen LogP contribution in [0.15, 0.2) is 564 Å². The molecule has 0 aliphatic rings. The first kappa shape index (κ1) is 87.4.